The largest absolute Gasteiger partial charge is 0.497 e. The monoisotopic (exact) mass is 477 g/mol. The summed E-state index contributed by atoms with van der Waals surface area (Å²) in [5.74, 6) is 0.519. The molecule has 2 heterocycles. The molecule has 8 heteroatoms. The van der Waals surface area contributed by atoms with Crippen LogP contribution in [0.2, 0.25) is 0 Å². The van der Waals surface area contributed by atoms with Crippen molar-refractivity contribution < 1.29 is 9.53 Å². The van der Waals surface area contributed by atoms with E-state index in [1.165, 1.54) is 15.9 Å². The van der Waals surface area contributed by atoms with Crippen molar-refractivity contribution >= 4 is 27.5 Å². The molecule has 1 N–H and O–H groups in total. The van der Waals surface area contributed by atoms with E-state index in [1.807, 2.05) is 55.6 Å². The molecule has 0 radical (unpaired) electrons. The number of methoxy groups -OCH3 is 1. The summed E-state index contributed by atoms with van der Waals surface area (Å²) in [5, 5.41) is 4.66. The minimum absolute atomic E-state index is 0.0206. The molecule has 0 fully saturated rings. The number of aromatic nitrogens is 2. The average Bonchev–Trinajstić information content (AvgIpc) is 3.33. The number of carbonyl (C=O) groups excluding carboxylic acids is 1. The van der Waals surface area contributed by atoms with E-state index < -0.39 is 5.69 Å². The van der Waals surface area contributed by atoms with E-state index in [9.17, 15) is 14.4 Å². The molecule has 7 nitrogen and oxygen atoms in total. The standard InChI is InChI=1S/C26H27N3O4S/c1-17-4-5-18(2)20(14-17)16-29-22-11-13-34-24(22)25(31)28(26(29)32)12-10-23(30)27-15-19-6-8-21(33-3)9-7-19/h4-9,11,13-14H,10,12,15-16H2,1-3H3,(H,27,30). The second-order valence-corrected chi connectivity index (χ2v) is 9.18. The molecule has 0 aliphatic rings. The molecule has 0 saturated carbocycles. The Morgan fingerprint density at radius 3 is 2.53 bits per heavy atom. The van der Waals surface area contributed by atoms with Crippen LogP contribution in [-0.2, 0) is 24.4 Å². The summed E-state index contributed by atoms with van der Waals surface area (Å²) in [5.41, 5.74) is 4.02. The summed E-state index contributed by atoms with van der Waals surface area (Å²) >= 11 is 1.31. The maximum absolute atomic E-state index is 13.3. The van der Waals surface area contributed by atoms with Gasteiger partial charge in [-0.25, -0.2) is 4.79 Å². The van der Waals surface area contributed by atoms with Gasteiger partial charge in [-0.05, 0) is 54.1 Å². The third-order valence-electron chi connectivity index (χ3n) is 5.88. The molecule has 176 valence electrons. The Bertz CT molecular complexity index is 1450. The number of nitrogens with one attached hydrogen (secondary N) is 1. The molecule has 0 spiro atoms. The Kier molecular flexibility index (Phi) is 6.98. The van der Waals surface area contributed by atoms with Crippen LogP contribution in [0.15, 0.2) is 63.5 Å². The van der Waals surface area contributed by atoms with Gasteiger partial charge in [0.2, 0.25) is 5.91 Å². The maximum atomic E-state index is 13.3. The quantitative estimate of drug-likeness (QED) is 0.420. The third kappa shape index (κ3) is 4.97. The van der Waals surface area contributed by atoms with Crippen LogP contribution in [0, 0.1) is 13.8 Å². The van der Waals surface area contributed by atoms with E-state index in [0.717, 1.165) is 28.0 Å². The number of carbonyl (C=O) groups is 1. The van der Waals surface area contributed by atoms with Crippen molar-refractivity contribution in [2.24, 2.45) is 0 Å². The predicted octanol–water partition coefficient (Wildman–Crippen LogP) is 3.60. The van der Waals surface area contributed by atoms with Crippen molar-refractivity contribution in [2.75, 3.05) is 7.11 Å². The molecule has 2 aromatic carbocycles. The molecule has 4 rings (SSSR count). The van der Waals surface area contributed by atoms with Gasteiger partial charge >= 0.3 is 5.69 Å². The van der Waals surface area contributed by atoms with Crippen molar-refractivity contribution in [2.45, 2.75) is 39.9 Å². The van der Waals surface area contributed by atoms with Crippen LogP contribution in [0.5, 0.6) is 5.75 Å². The highest BCUT2D eigenvalue weighted by Crippen LogP contribution is 2.18. The van der Waals surface area contributed by atoms with Gasteiger partial charge in [0.25, 0.3) is 5.56 Å². The normalized spacial score (nSPS) is 11.0. The van der Waals surface area contributed by atoms with Gasteiger partial charge in [0.1, 0.15) is 10.4 Å². The number of ether oxygens (including phenoxy) is 1. The first kappa shape index (κ1) is 23.5. The number of nitrogens with zero attached hydrogens (tertiary/aromatic N) is 2. The maximum Gasteiger partial charge on any atom is 0.331 e. The Morgan fingerprint density at radius 2 is 1.79 bits per heavy atom. The van der Waals surface area contributed by atoms with Gasteiger partial charge in [-0.3, -0.25) is 18.7 Å². The molecule has 0 saturated heterocycles. The molecule has 0 unspecified atom stereocenters. The fourth-order valence-corrected chi connectivity index (χ4v) is 4.71. The van der Waals surface area contributed by atoms with E-state index in [4.69, 9.17) is 4.74 Å². The molecule has 34 heavy (non-hydrogen) atoms. The molecule has 0 bridgehead atoms. The first-order valence-electron chi connectivity index (χ1n) is 11.0. The fourth-order valence-electron chi connectivity index (χ4n) is 3.87. The highest BCUT2D eigenvalue weighted by Gasteiger charge is 2.16. The third-order valence-corrected chi connectivity index (χ3v) is 6.77. The van der Waals surface area contributed by atoms with E-state index in [-0.39, 0.29) is 24.4 Å². The molecule has 2 aromatic heterocycles. The van der Waals surface area contributed by atoms with Gasteiger partial charge < -0.3 is 10.1 Å². The molecule has 0 atom stereocenters. The summed E-state index contributed by atoms with van der Waals surface area (Å²) in [4.78, 5) is 38.8. The molecule has 0 aliphatic carbocycles. The summed E-state index contributed by atoms with van der Waals surface area (Å²) in [6.45, 7) is 4.76. The Balaban J connectivity index is 1.54. The number of thiophene rings is 1. The summed E-state index contributed by atoms with van der Waals surface area (Å²) in [6, 6.07) is 15.3. The Labute approximate surface area is 201 Å². The molecule has 4 aromatic rings. The van der Waals surface area contributed by atoms with Crippen molar-refractivity contribution in [1.29, 1.82) is 0 Å². The van der Waals surface area contributed by atoms with Crippen LogP contribution in [0.3, 0.4) is 0 Å². The average molecular weight is 478 g/mol. The molecule has 0 aliphatic heterocycles. The predicted molar refractivity (Wildman–Crippen MR) is 135 cm³/mol. The molecule has 1 amide bonds. The summed E-state index contributed by atoms with van der Waals surface area (Å²) in [6.07, 6.45) is 0.0334. The Morgan fingerprint density at radius 1 is 1.03 bits per heavy atom. The first-order valence-corrected chi connectivity index (χ1v) is 11.9. The van der Waals surface area contributed by atoms with Crippen LogP contribution < -0.4 is 21.3 Å². The number of rotatable bonds is 8. The summed E-state index contributed by atoms with van der Waals surface area (Å²) in [7, 11) is 1.60. The fraction of sp³-hybridized carbons (Fsp3) is 0.269. The van der Waals surface area contributed by atoms with E-state index in [2.05, 4.69) is 11.4 Å². The number of amides is 1. The highest BCUT2D eigenvalue weighted by molar-refractivity contribution is 7.17. The first-order chi connectivity index (χ1) is 16.4. The minimum atomic E-state index is -0.403. The lowest BCUT2D eigenvalue weighted by Crippen LogP contribution is -2.41. The topological polar surface area (TPSA) is 82.3 Å². The lowest BCUT2D eigenvalue weighted by atomic mass is 10.1. The van der Waals surface area contributed by atoms with Crippen LogP contribution in [0.25, 0.3) is 10.2 Å². The zero-order valence-electron chi connectivity index (χ0n) is 19.5. The minimum Gasteiger partial charge on any atom is -0.497 e. The van der Waals surface area contributed by atoms with Crippen LogP contribution in [-0.4, -0.2) is 22.2 Å². The summed E-state index contributed by atoms with van der Waals surface area (Å²) < 4.78 is 8.46. The van der Waals surface area contributed by atoms with Gasteiger partial charge in [0.15, 0.2) is 0 Å². The number of fused-ring (bicyclic) bond motifs is 1. The SMILES string of the molecule is COc1ccc(CNC(=O)CCn2c(=O)c3sccc3n(Cc3cc(C)ccc3C)c2=O)cc1. The zero-order valence-corrected chi connectivity index (χ0v) is 20.3. The van der Waals surface area contributed by atoms with Gasteiger partial charge in [-0.2, -0.15) is 0 Å². The zero-order chi connectivity index (χ0) is 24.2. The van der Waals surface area contributed by atoms with Gasteiger partial charge in [-0.1, -0.05) is 35.9 Å². The smallest absolute Gasteiger partial charge is 0.331 e. The molecular weight excluding hydrogens is 450 g/mol. The van der Waals surface area contributed by atoms with Gasteiger partial charge in [-0.15, -0.1) is 11.3 Å². The number of hydrogen-bond donors (Lipinski definition) is 1. The van der Waals surface area contributed by atoms with Gasteiger partial charge in [0.05, 0.1) is 19.2 Å². The van der Waals surface area contributed by atoms with E-state index in [1.54, 1.807) is 17.7 Å². The Hall–Kier alpha value is -3.65. The number of aryl methyl sites for hydroxylation is 2. The van der Waals surface area contributed by atoms with Gasteiger partial charge in [0, 0.05) is 19.5 Å². The van der Waals surface area contributed by atoms with Crippen LogP contribution >= 0.6 is 11.3 Å². The van der Waals surface area contributed by atoms with E-state index >= 15 is 0 Å². The lowest BCUT2D eigenvalue weighted by molar-refractivity contribution is -0.121. The van der Waals surface area contributed by atoms with Crippen molar-refractivity contribution in [3.63, 3.8) is 0 Å². The van der Waals surface area contributed by atoms with Crippen LogP contribution in [0.1, 0.15) is 28.7 Å². The van der Waals surface area contributed by atoms with Crippen LogP contribution in [0.4, 0.5) is 0 Å². The number of benzene rings is 2. The van der Waals surface area contributed by atoms with Crippen molar-refractivity contribution in [1.82, 2.24) is 14.5 Å². The van der Waals surface area contributed by atoms with E-state index in [0.29, 0.717) is 23.3 Å². The second kappa shape index (κ2) is 10.1. The number of hydrogen-bond acceptors (Lipinski definition) is 5. The second-order valence-electron chi connectivity index (χ2n) is 8.27. The lowest BCUT2D eigenvalue weighted by Gasteiger charge is -2.14. The van der Waals surface area contributed by atoms with Crippen molar-refractivity contribution in [3.05, 3.63) is 97.0 Å². The molecular formula is C26H27N3O4S. The highest BCUT2D eigenvalue weighted by atomic mass is 32.1. The van der Waals surface area contributed by atoms with Crippen molar-refractivity contribution in [3.8, 4) is 5.75 Å².